The van der Waals surface area contributed by atoms with Crippen molar-refractivity contribution in [2.75, 3.05) is 26.2 Å². The second-order valence-electron chi connectivity index (χ2n) is 3.71. The summed E-state index contributed by atoms with van der Waals surface area (Å²) in [4.78, 5) is 2.47. The lowest BCUT2D eigenvalue weighted by Gasteiger charge is -2.30. The Labute approximate surface area is 99.2 Å². The Morgan fingerprint density at radius 2 is 1.81 bits per heavy atom. The van der Waals surface area contributed by atoms with Crippen molar-refractivity contribution < 1.29 is 4.74 Å². The van der Waals surface area contributed by atoms with Gasteiger partial charge in [0.15, 0.2) is 0 Å². The molecule has 90 valence electrons. The third-order valence-corrected chi connectivity index (χ3v) is 2.58. The summed E-state index contributed by atoms with van der Waals surface area (Å²) in [6.45, 7) is 8.59. The minimum atomic E-state index is 0.834. The molecule has 0 unspecified atom stereocenters. The molecule has 0 amide bonds. The molecular weight excluding hydrogens is 198 g/mol. The average Bonchev–Trinajstić information content (AvgIpc) is 2.30. The Hall–Kier alpha value is -1.02. The average molecular weight is 221 g/mol. The van der Waals surface area contributed by atoms with E-state index in [9.17, 15) is 0 Å². The van der Waals surface area contributed by atoms with Gasteiger partial charge in [0.1, 0.15) is 5.75 Å². The van der Waals surface area contributed by atoms with Crippen LogP contribution in [-0.4, -0.2) is 31.1 Å². The van der Waals surface area contributed by atoms with Crippen LogP contribution in [0.5, 0.6) is 5.75 Å². The summed E-state index contributed by atoms with van der Waals surface area (Å²) in [5.41, 5.74) is 0. The molecule has 2 heteroatoms. The van der Waals surface area contributed by atoms with E-state index in [1.807, 2.05) is 44.2 Å². The zero-order chi connectivity index (χ0) is 11.6. The third kappa shape index (κ3) is 4.67. The van der Waals surface area contributed by atoms with E-state index in [0.29, 0.717) is 0 Å². The highest BCUT2D eigenvalue weighted by Crippen LogP contribution is 2.09. The van der Waals surface area contributed by atoms with Crippen LogP contribution >= 0.6 is 0 Å². The van der Waals surface area contributed by atoms with Crippen LogP contribution in [0.1, 0.15) is 26.7 Å². The molecule has 1 aromatic rings. The van der Waals surface area contributed by atoms with Crippen molar-refractivity contribution >= 4 is 0 Å². The number of hydrogen-bond donors (Lipinski definition) is 0. The lowest BCUT2D eigenvalue weighted by molar-refractivity contribution is 0.165. The molecule has 0 aliphatic carbocycles. The number of nitrogens with zero attached hydrogens (tertiary/aromatic N) is 1. The molecule has 0 N–H and O–H groups in total. The van der Waals surface area contributed by atoms with Crippen molar-refractivity contribution in [1.82, 2.24) is 4.90 Å². The number of benzene rings is 1. The maximum Gasteiger partial charge on any atom is 0.119 e. The smallest absolute Gasteiger partial charge is 0.119 e. The van der Waals surface area contributed by atoms with Crippen molar-refractivity contribution in [3.63, 3.8) is 0 Å². The summed E-state index contributed by atoms with van der Waals surface area (Å²) in [7, 11) is 0. The van der Waals surface area contributed by atoms with Crippen LogP contribution in [0.4, 0.5) is 0 Å². The largest absolute Gasteiger partial charge is 0.494 e. The molecule has 2 rings (SSSR count). The van der Waals surface area contributed by atoms with Crippen LogP contribution in [0, 0.1) is 0 Å². The number of hydrogen-bond acceptors (Lipinski definition) is 2. The molecule has 0 atom stereocenters. The summed E-state index contributed by atoms with van der Waals surface area (Å²) in [6, 6.07) is 10.0. The van der Waals surface area contributed by atoms with Crippen molar-refractivity contribution in [2.24, 2.45) is 0 Å². The van der Waals surface area contributed by atoms with Gasteiger partial charge in [0, 0.05) is 6.54 Å². The summed E-state index contributed by atoms with van der Waals surface area (Å²) in [6.07, 6.45) is 2.51. The van der Waals surface area contributed by atoms with Gasteiger partial charge in [0.25, 0.3) is 0 Å². The van der Waals surface area contributed by atoms with E-state index in [1.54, 1.807) is 0 Å². The van der Waals surface area contributed by atoms with Gasteiger partial charge in [-0.3, -0.25) is 0 Å². The zero-order valence-corrected chi connectivity index (χ0v) is 10.5. The van der Waals surface area contributed by atoms with Gasteiger partial charge in [0.2, 0.25) is 0 Å². The van der Waals surface area contributed by atoms with Gasteiger partial charge in [-0.15, -0.1) is 0 Å². The molecule has 0 saturated carbocycles. The Balaban J connectivity index is 0.000000606. The number of para-hydroxylation sites is 1. The molecule has 1 saturated heterocycles. The molecule has 1 aliphatic rings. The second kappa shape index (κ2) is 8.17. The van der Waals surface area contributed by atoms with Crippen LogP contribution in [0.25, 0.3) is 0 Å². The maximum atomic E-state index is 5.60. The highest BCUT2D eigenvalue weighted by Gasteiger charge is 2.11. The normalized spacial score (nSPS) is 14.6. The van der Waals surface area contributed by atoms with Crippen molar-refractivity contribution in [2.45, 2.75) is 26.7 Å². The highest BCUT2D eigenvalue weighted by molar-refractivity contribution is 5.20. The molecular formula is C14H23NO. The van der Waals surface area contributed by atoms with E-state index in [4.69, 9.17) is 4.74 Å². The molecule has 16 heavy (non-hydrogen) atoms. The van der Waals surface area contributed by atoms with Gasteiger partial charge >= 0.3 is 0 Å². The summed E-state index contributed by atoms with van der Waals surface area (Å²) in [5.74, 6) is 0.983. The minimum Gasteiger partial charge on any atom is -0.494 e. The molecule has 0 spiro atoms. The molecule has 0 bridgehead atoms. The van der Waals surface area contributed by atoms with Gasteiger partial charge < -0.3 is 9.64 Å². The lowest BCUT2D eigenvalue weighted by Crippen LogP contribution is -2.38. The topological polar surface area (TPSA) is 12.5 Å². The van der Waals surface area contributed by atoms with Gasteiger partial charge in [-0.05, 0) is 38.1 Å². The predicted molar refractivity (Wildman–Crippen MR) is 69.0 cm³/mol. The SMILES string of the molecule is CC.c1ccc(OCCCN2CCC2)cc1. The quantitative estimate of drug-likeness (QED) is 0.708. The Morgan fingerprint density at radius 3 is 2.38 bits per heavy atom. The van der Waals surface area contributed by atoms with Crippen LogP contribution in [-0.2, 0) is 0 Å². The predicted octanol–water partition coefficient (Wildman–Crippen LogP) is 3.19. The van der Waals surface area contributed by atoms with E-state index in [2.05, 4.69) is 4.90 Å². The van der Waals surface area contributed by atoms with E-state index in [-0.39, 0.29) is 0 Å². The third-order valence-electron chi connectivity index (χ3n) is 2.58. The van der Waals surface area contributed by atoms with Gasteiger partial charge in [0.05, 0.1) is 6.61 Å². The number of rotatable bonds is 5. The molecule has 0 radical (unpaired) electrons. The first-order chi connectivity index (χ1) is 7.95. The molecule has 2 nitrogen and oxygen atoms in total. The van der Waals surface area contributed by atoms with E-state index in [1.165, 1.54) is 26.1 Å². The summed E-state index contributed by atoms with van der Waals surface area (Å²) >= 11 is 0. The maximum absolute atomic E-state index is 5.60. The Kier molecular flexibility index (Phi) is 6.66. The minimum absolute atomic E-state index is 0.834. The van der Waals surface area contributed by atoms with Crippen molar-refractivity contribution in [3.05, 3.63) is 30.3 Å². The fourth-order valence-electron chi connectivity index (χ4n) is 1.60. The number of likely N-dealkylation sites (tertiary alicyclic amines) is 1. The van der Waals surface area contributed by atoms with Crippen LogP contribution in [0.2, 0.25) is 0 Å². The zero-order valence-electron chi connectivity index (χ0n) is 10.5. The van der Waals surface area contributed by atoms with Crippen molar-refractivity contribution in [3.8, 4) is 5.75 Å². The molecule has 0 aromatic heterocycles. The first-order valence-corrected chi connectivity index (χ1v) is 6.35. The Bertz CT molecular complexity index is 257. The molecule has 1 aliphatic heterocycles. The first kappa shape index (κ1) is 13.0. The van der Waals surface area contributed by atoms with Gasteiger partial charge in [-0.2, -0.15) is 0 Å². The fourth-order valence-corrected chi connectivity index (χ4v) is 1.60. The second-order valence-corrected chi connectivity index (χ2v) is 3.71. The van der Waals surface area contributed by atoms with Crippen LogP contribution < -0.4 is 4.74 Å². The van der Waals surface area contributed by atoms with E-state index >= 15 is 0 Å². The molecule has 1 heterocycles. The van der Waals surface area contributed by atoms with Gasteiger partial charge in [-0.1, -0.05) is 32.0 Å². The molecule has 1 fully saturated rings. The standard InChI is InChI=1S/C12H17NO.C2H6/c1-2-6-12(7-3-1)14-11-5-10-13-8-4-9-13;1-2/h1-3,6-7H,4-5,8-11H2;1-2H3. The van der Waals surface area contributed by atoms with E-state index in [0.717, 1.165) is 18.8 Å². The highest BCUT2D eigenvalue weighted by atomic mass is 16.5. The van der Waals surface area contributed by atoms with Crippen LogP contribution in [0.3, 0.4) is 0 Å². The lowest BCUT2D eigenvalue weighted by atomic mass is 10.2. The summed E-state index contributed by atoms with van der Waals surface area (Å²) in [5, 5.41) is 0. The van der Waals surface area contributed by atoms with E-state index < -0.39 is 0 Å². The summed E-state index contributed by atoms with van der Waals surface area (Å²) < 4.78 is 5.60. The fraction of sp³-hybridized carbons (Fsp3) is 0.571. The molecule has 1 aromatic carbocycles. The van der Waals surface area contributed by atoms with Crippen molar-refractivity contribution in [1.29, 1.82) is 0 Å². The van der Waals surface area contributed by atoms with Crippen LogP contribution in [0.15, 0.2) is 30.3 Å². The Morgan fingerprint density at radius 1 is 1.12 bits per heavy atom. The first-order valence-electron chi connectivity index (χ1n) is 6.35. The monoisotopic (exact) mass is 221 g/mol. The number of ether oxygens (including phenoxy) is 1. The van der Waals surface area contributed by atoms with Gasteiger partial charge in [-0.25, -0.2) is 0 Å².